The number of pyridine rings is 3. The average molecular weight is 499 g/mol. The summed E-state index contributed by atoms with van der Waals surface area (Å²) in [7, 11) is 3.17. The number of nitrogens with two attached hydrogens (primary N) is 1. The molecule has 3 heterocycles. The predicted molar refractivity (Wildman–Crippen MR) is 145 cm³/mol. The molecule has 37 heavy (non-hydrogen) atoms. The summed E-state index contributed by atoms with van der Waals surface area (Å²) in [5.74, 6) is 0. The molecule has 4 rings (SSSR count). The van der Waals surface area contributed by atoms with E-state index < -0.39 is 0 Å². The van der Waals surface area contributed by atoms with Gasteiger partial charge in [-0.15, -0.1) is 0 Å². The molecule has 1 aromatic carbocycles. The van der Waals surface area contributed by atoms with Crippen molar-refractivity contribution in [2.75, 3.05) is 33.5 Å². The lowest BCUT2D eigenvalue weighted by Crippen LogP contribution is -2.00. The molecule has 0 saturated heterocycles. The molecule has 0 aliphatic carbocycles. The van der Waals surface area contributed by atoms with Crippen LogP contribution in [0, 0.1) is 0 Å². The lowest BCUT2D eigenvalue weighted by molar-refractivity contribution is -0.0401. The summed E-state index contributed by atoms with van der Waals surface area (Å²) in [5, 5.41) is 0.947. The zero-order valence-electron chi connectivity index (χ0n) is 21.0. The quantitative estimate of drug-likeness (QED) is 0.122. The van der Waals surface area contributed by atoms with Crippen molar-refractivity contribution in [2.45, 2.75) is 13.2 Å². The van der Waals surface area contributed by atoms with Gasteiger partial charge >= 0.3 is 0 Å². The van der Waals surface area contributed by atoms with Gasteiger partial charge in [-0.25, -0.2) is 9.97 Å². The number of ether oxygens (including phenoxy) is 4. The van der Waals surface area contributed by atoms with Crippen molar-refractivity contribution >= 4 is 28.2 Å². The Morgan fingerprint density at radius 3 is 2.19 bits per heavy atom. The highest BCUT2D eigenvalue weighted by molar-refractivity contribution is 5.95. The Bertz CT molecular complexity index is 1400. The maximum absolute atomic E-state index is 6.55. The van der Waals surface area contributed by atoms with Crippen molar-refractivity contribution < 1.29 is 18.9 Å². The molecule has 190 valence electrons. The van der Waals surface area contributed by atoms with Crippen LogP contribution < -0.4 is 5.73 Å². The van der Waals surface area contributed by atoms with Crippen molar-refractivity contribution in [1.82, 2.24) is 15.0 Å². The molecule has 2 N–H and O–H groups in total. The van der Waals surface area contributed by atoms with Gasteiger partial charge in [0.25, 0.3) is 0 Å². The van der Waals surface area contributed by atoms with Gasteiger partial charge in [-0.1, -0.05) is 49.1 Å². The zero-order valence-corrected chi connectivity index (χ0v) is 21.0. The summed E-state index contributed by atoms with van der Waals surface area (Å²) >= 11 is 0. The summed E-state index contributed by atoms with van der Waals surface area (Å²) in [6.45, 7) is 5.31. The molecule has 0 fully saturated rings. The van der Waals surface area contributed by atoms with Crippen LogP contribution in [0.5, 0.6) is 0 Å². The smallest absolute Gasteiger partial charge is 0.146 e. The molecule has 0 bridgehead atoms. The van der Waals surface area contributed by atoms with Crippen LogP contribution in [0.4, 0.5) is 5.69 Å². The fourth-order valence-electron chi connectivity index (χ4n) is 3.69. The van der Waals surface area contributed by atoms with Crippen LogP contribution in [0.1, 0.15) is 22.6 Å². The number of nitrogens with zero attached hydrogens (tertiary/aromatic N) is 3. The van der Waals surface area contributed by atoms with Gasteiger partial charge in [-0.2, -0.15) is 0 Å². The molecule has 0 saturated carbocycles. The third kappa shape index (κ3) is 6.84. The minimum absolute atomic E-state index is 0.212. The van der Waals surface area contributed by atoms with E-state index in [0.29, 0.717) is 24.4 Å². The SMILES string of the molecule is C=C(/C=C\c1ccc2ccc(-c3cccc(COCOC)n3)nc2c1N)c1cccc(COCOC)n1. The molecule has 0 aliphatic rings. The Hall–Kier alpha value is -3.95. The summed E-state index contributed by atoms with van der Waals surface area (Å²) in [6, 6.07) is 19.4. The van der Waals surface area contributed by atoms with Crippen LogP contribution in [0.2, 0.25) is 0 Å². The topological polar surface area (TPSA) is 102 Å². The molecule has 0 spiro atoms. The van der Waals surface area contributed by atoms with Gasteiger partial charge < -0.3 is 24.7 Å². The highest BCUT2D eigenvalue weighted by atomic mass is 16.7. The van der Waals surface area contributed by atoms with Gasteiger partial charge in [0, 0.05) is 19.6 Å². The largest absolute Gasteiger partial charge is 0.396 e. The summed E-state index contributed by atoms with van der Waals surface area (Å²) in [4.78, 5) is 14.1. The molecule has 0 amide bonds. The van der Waals surface area contributed by atoms with Gasteiger partial charge in [0.15, 0.2) is 0 Å². The Balaban J connectivity index is 1.55. The maximum Gasteiger partial charge on any atom is 0.146 e. The summed E-state index contributed by atoms with van der Waals surface area (Å²) in [5.41, 5.74) is 13.3. The Morgan fingerprint density at radius 1 is 0.811 bits per heavy atom. The van der Waals surface area contributed by atoms with Crippen LogP contribution in [0.3, 0.4) is 0 Å². The highest BCUT2D eigenvalue weighted by Crippen LogP contribution is 2.28. The van der Waals surface area contributed by atoms with Gasteiger partial charge in [0.2, 0.25) is 0 Å². The number of allylic oxidation sites excluding steroid dienone is 2. The molecule has 0 atom stereocenters. The van der Waals surface area contributed by atoms with Crippen molar-refractivity contribution in [3.05, 3.63) is 96.0 Å². The molecular weight excluding hydrogens is 468 g/mol. The van der Waals surface area contributed by atoms with Gasteiger partial charge in [0.1, 0.15) is 13.6 Å². The minimum atomic E-state index is 0.212. The van der Waals surface area contributed by atoms with E-state index in [0.717, 1.165) is 45.0 Å². The predicted octanol–water partition coefficient (Wildman–Crippen LogP) is 5.24. The molecule has 0 aliphatic heterocycles. The number of anilines is 1. The first kappa shape index (κ1) is 26.1. The Morgan fingerprint density at radius 2 is 1.46 bits per heavy atom. The first-order valence-electron chi connectivity index (χ1n) is 11.7. The van der Waals surface area contributed by atoms with E-state index in [2.05, 4.69) is 16.5 Å². The maximum atomic E-state index is 6.55. The standard InChI is InChI=1S/C29H30N4O4/c1-20(25-8-4-6-23(31-25)16-36-18-34-2)10-11-21-12-13-22-14-15-27(33-29(22)28(21)30)26-9-5-7-24(32-26)17-37-19-35-3/h4-15H,1,16-19,30H2,2-3H3/b11-10-. The van der Waals surface area contributed by atoms with E-state index in [1.807, 2.05) is 72.8 Å². The molecule has 4 aromatic rings. The second-order valence-electron chi connectivity index (χ2n) is 8.23. The number of rotatable bonds is 12. The summed E-state index contributed by atoms with van der Waals surface area (Å²) < 4.78 is 20.7. The zero-order chi connectivity index (χ0) is 26.0. The third-order valence-electron chi connectivity index (χ3n) is 5.51. The lowest BCUT2D eigenvalue weighted by atomic mass is 10.1. The molecule has 8 heteroatoms. The first-order valence-corrected chi connectivity index (χ1v) is 11.7. The van der Waals surface area contributed by atoms with E-state index in [1.165, 1.54) is 0 Å². The number of nitrogen functional groups attached to an aromatic ring is 1. The van der Waals surface area contributed by atoms with Crippen LogP contribution in [-0.2, 0) is 32.2 Å². The Kier molecular flexibility index (Phi) is 9.07. The van der Waals surface area contributed by atoms with Gasteiger partial charge in [-0.05, 0) is 41.5 Å². The highest BCUT2D eigenvalue weighted by Gasteiger charge is 2.09. The molecule has 3 aromatic heterocycles. The monoisotopic (exact) mass is 498 g/mol. The van der Waals surface area contributed by atoms with E-state index in [4.69, 9.17) is 29.7 Å². The van der Waals surface area contributed by atoms with Crippen LogP contribution in [0.15, 0.2) is 73.3 Å². The average Bonchev–Trinajstić information content (AvgIpc) is 2.93. The fraction of sp³-hybridized carbons (Fsp3) is 0.207. The van der Waals surface area contributed by atoms with Crippen molar-refractivity contribution in [1.29, 1.82) is 0 Å². The van der Waals surface area contributed by atoms with Gasteiger partial charge in [-0.3, -0.25) is 4.98 Å². The molecular formula is C29H30N4O4. The summed E-state index contributed by atoms with van der Waals surface area (Å²) in [6.07, 6.45) is 3.82. The number of benzene rings is 1. The van der Waals surface area contributed by atoms with E-state index in [-0.39, 0.29) is 13.6 Å². The van der Waals surface area contributed by atoms with Crippen molar-refractivity contribution in [3.8, 4) is 11.4 Å². The number of methoxy groups -OCH3 is 2. The second-order valence-corrected chi connectivity index (χ2v) is 8.23. The molecule has 0 radical (unpaired) electrons. The number of aromatic nitrogens is 3. The Labute approximate surface area is 216 Å². The first-order chi connectivity index (χ1) is 18.1. The second kappa shape index (κ2) is 12.8. The molecule has 8 nitrogen and oxygen atoms in total. The van der Waals surface area contributed by atoms with Crippen molar-refractivity contribution in [2.24, 2.45) is 0 Å². The number of hydrogen-bond acceptors (Lipinski definition) is 8. The number of hydrogen-bond donors (Lipinski definition) is 1. The van der Waals surface area contributed by atoms with E-state index >= 15 is 0 Å². The van der Waals surface area contributed by atoms with Crippen LogP contribution in [0.25, 0.3) is 33.9 Å². The van der Waals surface area contributed by atoms with Crippen LogP contribution >= 0.6 is 0 Å². The fourth-order valence-corrected chi connectivity index (χ4v) is 3.69. The van der Waals surface area contributed by atoms with E-state index in [1.54, 1.807) is 14.2 Å². The third-order valence-corrected chi connectivity index (χ3v) is 5.51. The van der Waals surface area contributed by atoms with E-state index in [9.17, 15) is 0 Å². The molecule has 0 unspecified atom stereocenters. The van der Waals surface area contributed by atoms with Gasteiger partial charge in [0.05, 0.1) is 52.9 Å². The normalized spacial score (nSPS) is 11.4. The lowest BCUT2D eigenvalue weighted by Gasteiger charge is -2.09. The number of fused-ring (bicyclic) bond motifs is 1. The van der Waals surface area contributed by atoms with Crippen molar-refractivity contribution in [3.63, 3.8) is 0 Å². The van der Waals surface area contributed by atoms with Crippen LogP contribution in [-0.4, -0.2) is 42.8 Å². The minimum Gasteiger partial charge on any atom is -0.396 e.